The highest BCUT2D eigenvalue weighted by Crippen LogP contribution is 2.28. The van der Waals surface area contributed by atoms with Crippen LogP contribution in [0.25, 0.3) is 0 Å². The molecule has 0 saturated carbocycles. The Bertz CT molecular complexity index is 539. The number of carboxylic acid groups (broad SMARTS) is 1. The number of halogens is 1. The first kappa shape index (κ1) is 16.1. The zero-order chi connectivity index (χ0) is 15.4. The quantitative estimate of drug-likeness (QED) is 0.838. The highest BCUT2D eigenvalue weighted by molar-refractivity contribution is 8.00. The third kappa shape index (κ3) is 3.90. The summed E-state index contributed by atoms with van der Waals surface area (Å²) in [5.41, 5.74) is 0. The Labute approximate surface area is 132 Å². The van der Waals surface area contributed by atoms with E-state index in [4.69, 9.17) is 16.3 Å². The number of likely N-dealkylation sites (tertiary alicyclic amines) is 1. The van der Waals surface area contributed by atoms with Crippen molar-refractivity contribution in [1.29, 1.82) is 0 Å². The summed E-state index contributed by atoms with van der Waals surface area (Å²) in [5, 5.41) is 9.78. The zero-order valence-electron chi connectivity index (χ0n) is 11.5. The molecule has 0 bridgehead atoms. The lowest BCUT2D eigenvalue weighted by Crippen LogP contribution is -2.41. The monoisotopic (exact) mass is 329 g/mol. The normalized spacial score (nSPS) is 21.5. The highest BCUT2D eigenvalue weighted by Gasteiger charge is 2.39. The van der Waals surface area contributed by atoms with Crippen molar-refractivity contribution in [2.24, 2.45) is 0 Å². The van der Waals surface area contributed by atoms with Crippen LogP contribution in [0.2, 0.25) is 5.02 Å². The maximum Gasteiger partial charge on any atom is 0.326 e. The van der Waals surface area contributed by atoms with E-state index in [1.54, 1.807) is 6.07 Å². The third-order valence-electron chi connectivity index (χ3n) is 3.39. The number of carboxylic acids is 1. The number of benzene rings is 1. The molecule has 5 nitrogen and oxygen atoms in total. The molecule has 21 heavy (non-hydrogen) atoms. The van der Waals surface area contributed by atoms with Crippen LogP contribution >= 0.6 is 23.4 Å². The van der Waals surface area contributed by atoms with Gasteiger partial charge in [0.25, 0.3) is 0 Å². The van der Waals surface area contributed by atoms with Crippen LogP contribution in [0.5, 0.6) is 0 Å². The molecule has 1 N–H and O–H groups in total. The molecule has 2 unspecified atom stereocenters. The summed E-state index contributed by atoms with van der Waals surface area (Å²) >= 11 is 7.34. The van der Waals surface area contributed by atoms with Crippen LogP contribution in [-0.2, 0) is 14.3 Å². The van der Waals surface area contributed by atoms with Gasteiger partial charge in [0.2, 0.25) is 5.91 Å². The maximum atomic E-state index is 12.2. The number of methoxy groups -OCH3 is 1. The van der Waals surface area contributed by atoms with E-state index in [1.165, 1.54) is 23.8 Å². The molecule has 0 aliphatic carbocycles. The summed E-state index contributed by atoms with van der Waals surface area (Å²) in [6.45, 7) is 0.315. The van der Waals surface area contributed by atoms with Gasteiger partial charge in [-0.1, -0.05) is 23.7 Å². The lowest BCUT2D eigenvalue weighted by Gasteiger charge is -2.21. The van der Waals surface area contributed by atoms with Gasteiger partial charge in [0.05, 0.1) is 16.9 Å². The molecule has 1 aromatic carbocycles. The van der Waals surface area contributed by atoms with Gasteiger partial charge in [0.15, 0.2) is 0 Å². The highest BCUT2D eigenvalue weighted by atomic mass is 35.5. The van der Waals surface area contributed by atoms with Gasteiger partial charge in [0, 0.05) is 25.0 Å². The van der Waals surface area contributed by atoms with E-state index in [-0.39, 0.29) is 17.8 Å². The Kier molecular flexibility index (Phi) is 5.50. The second-order valence-corrected chi connectivity index (χ2v) is 6.14. The average molecular weight is 330 g/mol. The van der Waals surface area contributed by atoms with Gasteiger partial charge in [-0.2, -0.15) is 0 Å². The fraction of sp³-hybridized carbons (Fsp3) is 0.429. The van der Waals surface area contributed by atoms with E-state index in [1.807, 2.05) is 18.2 Å². The SMILES string of the molecule is COC1CC(C(=O)O)N(C(=O)CSc2ccccc2Cl)C1. The minimum Gasteiger partial charge on any atom is -0.480 e. The number of carbonyl (C=O) groups excluding carboxylic acids is 1. The molecule has 1 saturated heterocycles. The first-order chi connectivity index (χ1) is 10.0. The van der Waals surface area contributed by atoms with Gasteiger partial charge in [-0.05, 0) is 12.1 Å². The number of carbonyl (C=O) groups is 2. The molecule has 114 valence electrons. The Morgan fingerprint density at radius 3 is 2.81 bits per heavy atom. The Hall–Kier alpha value is -1.24. The Morgan fingerprint density at radius 1 is 1.48 bits per heavy atom. The summed E-state index contributed by atoms with van der Waals surface area (Å²) in [7, 11) is 1.52. The van der Waals surface area contributed by atoms with Crippen molar-refractivity contribution in [3.05, 3.63) is 29.3 Å². The Morgan fingerprint density at radius 2 is 2.19 bits per heavy atom. The molecular weight excluding hydrogens is 314 g/mol. The van der Waals surface area contributed by atoms with Crippen molar-refractivity contribution < 1.29 is 19.4 Å². The Balaban J connectivity index is 1.99. The van der Waals surface area contributed by atoms with Crippen LogP contribution in [0.1, 0.15) is 6.42 Å². The first-order valence-corrected chi connectivity index (χ1v) is 7.81. The number of aliphatic carboxylic acids is 1. The average Bonchev–Trinajstić information content (AvgIpc) is 2.90. The van der Waals surface area contributed by atoms with Crippen molar-refractivity contribution >= 4 is 35.2 Å². The van der Waals surface area contributed by atoms with Crippen molar-refractivity contribution in [1.82, 2.24) is 4.90 Å². The summed E-state index contributed by atoms with van der Waals surface area (Å²) in [6.07, 6.45) is 0.106. The minimum absolute atomic E-state index is 0.157. The predicted molar refractivity (Wildman–Crippen MR) is 80.7 cm³/mol. The molecule has 2 atom stereocenters. The number of amides is 1. The fourth-order valence-electron chi connectivity index (χ4n) is 2.26. The van der Waals surface area contributed by atoms with Crippen LogP contribution in [0.4, 0.5) is 0 Å². The standard InChI is InChI=1S/C14H16ClNO4S/c1-20-9-6-11(14(18)19)16(7-9)13(17)8-21-12-5-3-2-4-10(12)15/h2-5,9,11H,6-8H2,1H3,(H,18,19). The number of ether oxygens (including phenoxy) is 1. The van der Waals surface area contributed by atoms with Gasteiger partial charge in [-0.3, -0.25) is 4.79 Å². The van der Waals surface area contributed by atoms with Gasteiger partial charge in [-0.25, -0.2) is 4.79 Å². The zero-order valence-corrected chi connectivity index (χ0v) is 13.1. The summed E-state index contributed by atoms with van der Waals surface area (Å²) in [4.78, 5) is 25.7. The van der Waals surface area contributed by atoms with E-state index in [9.17, 15) is 14.7 Å². The molecule has 1 aliphatic heterocycles. The van der Waals surface area contributed by atoms with Crippen molar-refractivity contribution in [3.63, 3.8) is 0 Å². The summed E-state index contributed by atoms with van der Waals surface area (Å²) < 4.78 is 5.17. The third-order valence-corrected chi connectivity index (χ3v) is 4.89. The summed E-state index contributed by atoms with van der Waals surface area (Å²) in [6, 6.07) is 6.44. The molecule has 1 fully saturated rings. The smallest absolute Gasteiger partial charge is 0.326 e. The second kappa shape index (κ2) is 7.15. The predicted octanol–water partition coefficient (Wildman–Crippen LogP) is 2.13. The summed E-state index contributed by atoms with van der Waals surface area (Å²) in [5.74, 6) is -1.05. The van der Waals surface area contributed by atoms with Crippen LogP contribution < -0.4 is 0 Å². The molecule has 0 radical (unpaired) electrons. The number of thioether (sulfide) groups is 1. The van der Waals surface area contributed by atoms with E-state index in [0.29, 0.717) is 18.0 Å². The van der Waals surface area contributed by atoms with E-state index < -0.39 is 12.0 Å². The van der Waals surface area contributed by atoms with Crippen molar-refractivity contribution in [3.8, 4) is 0 Å². The van der Waals surface area contributed by atoms with Gasteiger partial charge in [-0.15, -0.1) is 11.8 Å². The van der Waals surface area contributed by atoms with E-state index in [2.05, 4.69) is 0 Å². The van der Waals surface area contributed by atoms with Crippen molar-refractivity contribution in [2.45, 2.75) is 23.5 Å². The fourth-order valence-corrected chi connectivity index (χ4v) is 3.39. The first-order valence-electron chi connectivity index (χ1n) is 6.45. The van der Waals surface area contributed by atoms with Crippen LogP contribution in [0.3, 0.4) is 0 Å². The minimum atomic E-state index is -0.995. The van der Waals surface area contributed by atoms with Gasteiger partial charge < -0.3 is 14.7 Å². The molecule has 1 aliphatic rings. The second-order valence-electron chi connectivity index (χ2n) is 4.71. The van der Waals surface area contributed by atoms with E-state index in [0.717, 1.165) is 4.90 Å². The lowest BCUT2D eigenvalue weighted by molar-refractivity contribution is -0.147. The number of hydrogen-bond donors (Lipinski definition) is 1. The molecule has 1 aromatic rings. The van der Waals surface area contributed by atoms with Crippen LogP contribution in [-0.4, -0.2) is 53.4 Å². The molecular formula is C14H16ClNO4S. The lowest BCUT2D eigenvalue weighted by atomic mass is 10.2. The van der Waals surface area contributed by atoms with Gasteiger partial charge >= 0.3 is 5.97 Å². The molecule has 0 aromatic heterocycles. The largest absolute Gasteiger partial charge is 0.480 e. The van der Waals surface area contributed by atoms with Crippen molar-refractivity contribution in [2.75, 3.05) is 19.4 Å². The molecule has 2 rings (SSSR count). The van der Waals surface area contributed by atoms with Crippen LogP contribution in [0.15, 0.2) is 29.2 Å². The van der Waals surface area contributed by atoms with E-state index >= 15 is 0 Å². The number of hydrogen-bond acceptors (Lipinski definition) is 4. The van der Waals surface area contributed by atoms with Crippen LogP contribution in [0, 0.1) is 0 Å². The number of rotatable bonds is 5. The topological polar surface area (TPSA) is 66.8 Å². The molecule has 0 spiro atoms. The molecule has 1 heterocycles. The van der Waals surface area contributed by atoms with Gasteiger partial charge in [0.1, 0.15) is 6.04 Å². The number of nitrogens with zero attached hydrogens (tertiary/aromatic N) is 1. The molecule has 7 heteroatoms. The maximum absolute atomic E-state index is 12.2. The molecule has 1 amide bonds.